The summed E-state index contributed by atoms with van der Waals surface area (Å²) in [7, 11) is 0. The summed E-state index contributed by atoms with van der Waals surface area (Å²) >= 11 is 1.86. The minimum atomic E-state index is 0.856. The first-order chi connectivity index (χ1) is 24.3. The molecular formula is C46H26O2S. The van der Waals surface area contributed by atoms with Crippen molar-refractivity contribution in [3.8, 4) is 33.4 Å². The van der Waals surface area contributed by atoms with Gasteiger partial charge in [-0.2, -0.15) is 0 Å². The Balaban J connectivity index is 1.30. The molecule has 11 aromatic rings. The van der Waals surface area contributed by atoms with Crippen LogP contribution in [0, 0.1) is 0 Å². The van der Waals surface area contributed by atoms with Crippen molar-refractivity contribution in [1.29, 1.82) is 0 Å². The molecule has 0 bridgehead atoms. The average molecular weight is 643 g/mol. The summed E-state index contributed by atoms with van der Waals surface area (Å²) in [6.07, 6.45) is 1.91. The lowest BCUT2D eigenvalue weighted by molar-refractivity contribution is 0.618. The summed E-state index contributed by atoms with van der Waals surface area (Å²) in [6, 6.07) is 54.4. The van der Waals surface area contributed by atoms with E-state index in [2.05, 4.69) is 140 Å². The zero-order valence-electron chi connectivity index (χ0n) is 26.2. The van der Waals surface area contributed by atoms with E-state index in [1.54, 1.807) is 0 Å². The molecule has 3 heteroatoms. The van der Waals surface area contributed by atoms with Crippen molar-refractivity contribution in [3.05, 3.63) is 158 Å². The maximum Gasteiger partial charge on any atom is 0.143 e. The first kappa shape index (κ1) is 26.9. The van der Waals surface area contributed by atoms with Gasteiger partial charge in [-0.15, -0.1) is 11.3 Å². The van der Waals surface area contributed by atoms with Crippen molar-refractivity contribution in [2.75, 3.05) is 0 Å². The summed E-state index contributed by atoms with van der Waals surface area (Å²) in [5, 5.41) is 10.6. The van der Waals surface area contributed by atoms with Gasteiger partial charge in [-0.25, -0.2) is 0 Å². The zero-order chi connectivity index (χ0) is 32.1. The molecule has 0 aliphatic rings. The molecule has 228 valence electrons. The van der Waals surface area contributed by atoms with Crippen LogP contribution in [0.1, 0.15) is 0 Å². The molecule has 0 spiro atoms. The third-order valence-electron chi connectivity index (χ3n) is 10.1. The van der Waals surface area contributed by atoms with Crippen LogP contribution in [-0.4, -0.2) is 0 Å². The van der Waals surface area contributed by atoms with E-state index >= 15 is 0 Å². The first-order valence-electron chi connectivity index (χ1n) is 16.6. The Morgan fingerprint density at radius 3 is 1.76 bits per heavy atom. The van der Waals surface area contributed by atoms with Gasteiger partial charge < -0.3 is 8.83 Å². The smallest absolute Gasteiger partial charge is 0.143 e. The molecule has 0 saturated heterocycles. The van der Waals surface area contributed by atoms with E-state index in [9.17, 15) is 0 Å². The first-order valence-corrected chi connectivity index (χ1v) is 17.4. The fourth-order valence-electron chi connectivity index (χ4n) is 8.04. The Labute approximate surface area is 285 Å². The number of para-hydroxylation sites is 1. The Hall–Kier alpha value is -6.16. The molecule has 0 N–H and O–H groups in total. The van der Waals surface area contributed by atoms with Crippen LogP contribution in [0.3, 0.4) is 0 Å². The minimum Gasteiger partial charge on any atom is -0.463 e. The average Bonchev–Trinajstić information content (AvgIpc) is 3.86. The molecule has 0 saturated carbocycles. The summed E-state index contributed by atoms with van der Waals surface area (Å²) in [5.41, 5.74) is 9.47. The molecule has 0 unspecified atom stereocenters. The molecule has 8 aromatic carbocycles. The van der Waals surface area contributed by atoms with Crippen molar-refractivity contribution in [3.63, 3.8) is 0 Å². The van der Waals surface area contributed by atoms with Gasteiger partial charge in [0.05, 0.1) is 6.26 Å². The second-order valence-electron chi connectivity index (χ2n) is 12.8. The number of furan rings is 2. The predicted molar refractivity (Wildman–Crippen MR) is 208 cm³/mol. The second-order valence-corrected chi connectivity index (χ2v) is 13.8. The molecule has 3 aromatic heterocycles. The van der Waals surface area contributed by atoms with Gasteiger partial charge in [0.15, 0.2) is 0 Å². The van der Waals surface area contributed by atoms with Crippen molar-refractivity contribution in [2.45, 2.75) is 0 Å². The lowest BCUT2D eigenvalue weighted by Crippen LogP contribution is -1.92. The molecule has 0 atom stereocenters. The van der Waals surface area contributed by atoms with Crippen LogP contribution < -0.4 is 0 Å². The van der Waals surface area contributed by atoms with Crippen LogP contribution in [0.5, 0.6) is 0 Å². The highest BCUT2D eigenvalue weighted by atomic mass is 32.1. The second kappa shape index (κ2) is 10.2. The molecule has 0 amide bonds. The normalized spacial score (nSPS) is 12.1. The van der Waals surface area contributed by atoms with E-state index < -0.39 is 0 Å². The molecule has 3 heterocycles. The van der Waals surface area contributed by atoms with Crippen molar-refractivity contribution < 1.29 is 8.83 Å². The van der Waals surface area contributed by atoms with Crippen LogP contribution >= 0.6 is 11.3 Å². The summed E-state index contributed by atoms with van der Waals surface area (Å²) < 4.78 is 15.9. The van der Waals surface area contributed by atoms with Crippen LogP contribution in [0.15, 0.2) is 167 Å². The van der Waals surface area contributed by atoms with Crippen molar-refractivity contribution in [2.24, 2.45) is 0 Å². The van der Waals surface area contributed by atoms with Crippen LogP contribution in [0.4, 0.5) is 0 Å². The Kier molecular flexibility index (Phi) is 5.57. The van der Waals surface area contributed by atoms with E-state index in [1.807, 2.05) is 29.7 Å². The fourth-order valence-corrected chi connectivity index (χ4v) is 9.19. The van der Waals surface area contributed by atoms with Crippen molar-refractivity contribution >= 4 is 86.0 Å². The lowest BCUT2D eigenvalue weighted by atomic mass is 9.84. The quantitative estimate of drug-likeness (QED) is 0.179. The van der Waals surface area contributed by atoms with Gasteiger partial charge in [0.25, 0.3) is 0 Å². The van der Waals surface area contributed by atoms with Gasteiger partial charge in [-0.1, -0.05) is 127 Å². The molecule has 0 radical (unpaired) electrons. The number of benzene rings is 8. The Morgan fingerprint density at radius 2 is 1.00 bits per heavy atom. The Bertz CT molecular complexity index is 3050. The van der Waals surface area contributed by atoms with Crippen LogP contribution in [0.2, 0.25) is 0 Å². The highest BCUT2D eigenvalue weighted by Gasteiger charge is 2.25. The van der Waals surface area contributed by atoms with Gasteiger partial charge in [0.2, 0.25) is 0 Å². The highest BCUT2D eigenvalue weighted by Crippen LogP contribution is 2.51. The Morgan fingerprint density at radius 1 is 0.388 bits per heavy atom. The van der Waals surface area contributed by atoms with Gasteiger partial charge in [0, 0.05) is 53.0 Å². The lowest BCUT2D eigenvalue weighted by Gasteiger charge is -2.18. The summed E-state index contributed by atoms with van der Waals surface area (Å²) in [5.74, 6) is 0. The van der Waals surface area contributed by atoms with Crippen molar-refractivity contribution in [1.82, 2.24) is 0 Å². The SMILES string of the molecule is c1ccc(-c2coc3c(-c4c5ccccc5c(-c5ccc6c(c5)sc5ccccc56)c5ccccc45)c4c(cc23)oc2ccccc24)cc1. The van der Waals surface area contributed by atoms with Gasteiger partial charge in [0.1, 0.15) is 16.7 Å². The number of hydrogen-bond acceptors (Lipinski definition) is 3. The van der Waals surface area contributed by atoms with E-state index in [0.29, 0.717) is 0 Å². The molecule has 2 nitrogen and oxygen atoms in total. The third-order valence-corrected chi connectivity index (χ3v) is 11.3. The number of fused-ring (bicyclic) bond motifs is 9. The topological polar surface area (TPSA) is 26.3 Å². The largest absolute Gasteiger partial charge is 0.463 e. The number of hydrogen-bond donors (Lipinski definition) is 0. The standard InChI is InChI=1S/C46H26O2S/c1-2-12-27(13-3-1)37-26-47-46-36(37)25-39-44(35-19-8-10-20-38(35)48-39)45(46)43-33-17-6-4-15-31(33)42(32-16-5-7-18-34(32)43)28-22-23-30-29-14-9-11-21-40(29)49-41(30)24-28/h1-26H. The minimum absolute atomic E-state index is 0.856. The molecular weight excluding hydrogens is 617 g/mol. The third kappa shape index (κ3) is 3.82. The summed E-state index contributed by atoms with van der Waals surface area (Å²) in [4.78, 5) is 0. The van der Waals surface area contributed by atoms with E-state index in [1.165, 1.54) is 52.8 Å². The van der Waals surface area contributed by atoms with E-state index in [0.717, 1.165) is 55.2 Å². The van der Waals surface area contributed by atoms with Gasteiger partial charge in [-0.05, 0) is 62.5 Å². The van der Waals surface area contributed by atoms with Gasteiger partial charge >= 0.3 is 0 Å². The fraction of sp³-hybridized carbons (Fsp3) is 0. The number of rotatable bonds is 3. The maximum absolute atomic E-state index is 6.66. The van der Waals surface area contributed by atoms with E-state index in [-0.39, 0.29) is 0 Å². The zero-order valence-corrected chi connectivity index (χ0v) is 27.1. The summed E-state index contributed by atoms with van der Waals surface area (Å²) in [6.45, 7) is 0. The van der Waals surface area contributed by atoms with Crippen LogP contribution in [-0.2, 0) is 0 Å². The molecule has 49 heavy (non-hydrogen) atoms. The van der Waals surface area contributed by atoms with E-state index in [4.69, 9.17) is 8.83 Å². The molecule has 0 aliphatic heterocycles. The molecule has 0 fully saturated rings. The van der Waals surface area contributed by atoms with Gasteiger partial charge in [-0.3, -0.25) is 0 Å². The monoisotopic (exact) mass is 642 g/mol. The highest BCUT2D eigenvalue weighted by molar-refractivity contribution is 7.25. The maximum atomic E-state index is 6.66. The molecule has 11 rings (SSSR count). The van der Waals surface area contributed by atoms with Crippen LogP contribution in [0.25, 0.3) is 108 Å². The number of thiophene rings is 1. The molecule has 0 aliphatic carbocycles. The predicted octanol–water partition coefficient (Wildman–Crippen LogP) is 14.0.